The number of nitrogens with one attached hydrogen (secondary N) is 3. The Morgan fingerprint density at radius 1 is 1.06 bits per heavy atom. The van der Waals surface area contributed by atoms with E-state index in [2.05, 4.69) is 32.1 Å². The average molecular weight is 425 g/mol. The lowest BCUT2D eigenvalue weighted by atomic mass is 10.1. The number of pyridine rings is 1. The zero-order chi connectivity index (χ0) is 22.3. The first-order valence-corrected chi connectivity index (χ1v) is 10.4. The van der Waals surface area contributed by atoms with Crippen molar-refractivity contribution in [1.82, 2.24) is 14.8 Å². The van der Waals surface area contributed by atoms with Crippen LogP contribution in [-0.4, -0.2) is 27.3 Å². The molecule has 4 aromatic rings. The molecule has 0 aliphatic carbocycles. The molecular formula is C24H23N7O. The minimum Gasteiger partial charge on any atom is -0.383 e. The van der Waals surface area contributed by atoms with Crippen LogP contribution in [0.5, 0.6) is 0 Å². The van der Waals surface area contributed by atoms with Crippen molar-refractivity contribution in [3.63, 3.8) is 0 Å². The van der Waals surface area contributed by atoms with Crippen molar-refractivity contribution < 1.29 is 4.79 Å². The van der Waals surface area contributed by atoms with E-state index in [1.807, 2.05) is 72.4 Å². The Balaban J connectivity index is 1.35. The SMILES string of the molecule is CCn1cc2c(NCCc3ccc(NC(=O)Nc4ccccc4)cc3)c(C#N)cnc2n1. The highest BCUT2D eigenvalue weighted by molar-refractivity contribution is 5.99. The molecule has 32 heavy (non-hydrogen) atoms. The Hall–Kier alpha value is -4.38. The largest absolute Gasteiger partial charge is 0.383 e. The predicted octanol–water partition coefficient (Wildman–Crippen LogP) is 4.62. The van der Waals surface area contributed by atoms with Gasteiger partial charge in [-0.15, -0.1) is 0 Å². The van der Waals surface area contributed by atoms with Gasteiger partial charge in [0.1, 0.15) is 6.07 Å². The quantitative estimate of drug-likeness (QED) is 0.400. The fourth-order valence-corrected chi connectivity index (χ4v) is 3.36. The molecule has 0 unspecified atom stereocenters. The van der Waals surface area contributed by atoms with Crippen molar-refractivity contribution in [1.29, 1.82) is 5.26 Å². The molecule has 8 heteroatoms. The third-order valence-corrected chi connectivity index (χ3v) is 5.00. The number of amides is 2. The lowest BCUT2D eigenvalue weighted by Gasteiger charge is -2.10. The summed E-state index contributed by atoms with van der Waals surface area (Å²) in [7, 11) is 0. The topological polar surface area (TPSA) is 108 Å². The van der Waals surface area contributed by atoms with E-state index >= 15 is 0 Å². The molecule has 2 aromatic heterocycles. The molecule has 160 valence electrons. The van der Waals surface area contributed by atoms with E-state index in [1.165, 1.54) is 0 Å². The van der Waals surface area contributed by atoms with Crippen molar-refractivity contribution in [2.24, 2.45) is 0 Å². The third kappa shape index (κ3) is 4.84. The summed E-state index contributed by atoms with van der Waals surface area (Å²) < 4.78 is 1.81. The molecule has 0 spiro atoms. The fraction of sp³-hybridized carbons (Fsp3) is 0.167. The fourth-order valence-electron chi connectivity index (χ4n) is 3.36. The molecule has 2 heterocycles. The summed E-state index contributed by atoms with van der Waals surface area (Å²) >= 11 is 0. The summed E-state index contributed by atoms with van der Waals surface area (Å²) in [6.07, 6.45) is 4.22. The molecule has 2 amide bonds. The average Bonchev–Trinajstić information content (AvgIpc) is 3.25. The monoisotopic (exact) mass is 425 g/mol. The first kappa shape index (κ1) is 20.9. The first-order valence-electron chi connectivity index (χ1n) is 10.4. The van der Waals surface area contributed by atoms with Crippen LogP contribution >= 0.6 is 0 Å². The number of carbonyl (C=O) groups is 1. The van der Waals surface area contributed by atoms with Gasteiger partial charge in [-0.05, 0) is 43.2 Å². The van der Waals surface area contributed by atoms with Gasteiger partial charge in [0.2, 0.25) is 0 Å². The van der Waals surface area contributed by atoms with E-state index < -0.39 is 0 Å². The first-order chi connectivity index (χ1) is 15.7. The Kier molecular flexibility index (Phi) is 6.28. The third-order valence-electron chi connectivity index (χ3n) is 5.00. The molecule has 0 saturated carbocycles. The number of fused-ring (bicyclic) bond motifs is 1. The van der Waals surface area contributed by atoms with Crippen LogP contribution in [0.4, 0.5) is 21.9 Å². The van der Waals surface area contributed by atoms with Crippen molar-refractivity contribution >= 4 is 34.1 Å². The van der Waals surface area contributed by atoms with E-state index in [0.29, 0.717) is 23.4 Å². The number of anilines is 3. The second-order valence-corrected chi connectivity index (χ2v) is 7.20. The number of aromatic nitrogens is 3. The molecule has 0 atom stereocenters. The highest BCUT2D eigenvalue weighted by Crippen LogP contribution is 2.25. The van der Waals surface area contributed by atoms with Gasteiger partial charge in [-0.2, -0.15) is 10.4 Å². The Morgan fingerprint density at radius 3 is 2.47 bits per heavy atom. The Morgan fingerprint density at radius 2 is 1.78 bits per heavy atom. The van der Waals surface area contributed by atoms with Crippen molar-refractivity contribution in [2.45, 2.75) is 19.9 Å². The molecule has 0 radical (unpaired) electrons. The standard InChI is InChI=1S/C24H23N7O/c1-2-31-16-21-22(18(14-25)15-27-23(21)30-31)26-13-12-17-8-10-20(11-9-17)29-24(32)28-19-6-4-3-5-7-19/h3-11,15-16,26H,2,12-13H2,1H3,(H2,28,29,32). The van der Waals surface area contributed by atoms with Crippen LogP contribution in [0.1, 0.15) is 18.1 Å². The van der Waals surface area contributed by atoms with Crippen LogP contribution in [0.2, 0.25) is 0 Å². The molecule has 8 nitrogen and oxygen atoms in total. The summed E-state index contributed by atoms with van der Waals surface area (Å²) in [6.45, 7) is 3.39. The van der Waals surface area contributed by atoms with Crippen LogP contribution in [0.3, 0.4) is 0 Å². The normalized spacial score (nSPS) is 10.5. The van der Waals surface area contributed by atoms with Crippen LogP contribution in [0.15, 0.2) is 67.0 Å². The highest BCUT2D eigenvalue weighted by Gasteiger charge is 2.12. The zero-order valence-corrected chi connectivity index (χ0v) is 17.7. The van der Waals surface area contributed by atoms with Gasteiger partial charge in [-0.1, -0.05) is 30.3 Å². The van der Waals surface area contributed by atoms with Gasteiger partial charge in [-0.3, -0.25) is 4.68 Å². The number of urea groups is 1. The maximum atomic E-state index is 12.1. The molecular weight excluding hydrogens is 402 g/mol. The number of hydrogen-bond acceptors (Lipinski definition) is 5. The summed E-state index contributed by atoms with van der Waals surface area (Å²) in [4.78, 5) is 16.4. The van der Waals surface area contributed by atoms with Gasteiger partial charge in [-0.25, -0.2) is 9.78 Å². The number of aryl methyl sites for hydroxylation is 1. The number of rotatable bonds is 7. The number of carbonyl (C=O) groups excluding carboxylic acids is 1. The molecule has 0 bridgehead atoms. The van der Waals surface area contributed by atoms with Crippen LogP contribution in [0.25, 0.3) is 11.0 Å². The molecule has 4 rings (SSSR count). The lowest BCUT2D eigenvalue weighted by molar-refractivity contribution is 0.262. The Labute approximate surface area is 185 Å². The summed E-state index contributed by atoms with van der Waals surface area (Å²) in [5.41, 5.74) is 4.44. The second-order valence-electron chi connectivity index (χ2n) is 7.20. The molecule has 0 aliphatic rings. The smallest absolute Gasteiger partial charge is 0.323 e. The summed E-state index contributed by atoms with van der Waals surface area (Å²) in [6, 6.07) is 18.9. The number of nitrogens with zero attached hydrogens (tertiary/aromatic N) is 4. The van der Waals surface area contributed by atoms with Gasteiger partial charge in [0.15, 0.2) is 5.65 Å². The van der Waals surface area contributed by atoms with Gasteiger partial charge in [0.25, 0.3) is 0 Å². The maximum Gasteiger partial charge on any atom is 0.323 e. The Bertz CT molecular complexity index is 1260. The lowest BCUT2D eigenvalue weighted by Crippen LogP contribution is -2.19. The van der Waals surface area contributed by atoms with Crippen molar-refractivity contribution in [2.75, 3.05) is 22.5 Å². The number of hydrogen-bond donors (Lipinski definition) is 3. The predicted molar refractivity (Wildman–Crippen MR) is 126 cm³/mol. The van der Waals surface area contributed by atoms with Crippen LogP contribution < -0.4 is 16.0 Å². The summed E-state index contributed by atoms with van der Waals surface area (Å²) in [5, 5.41) is 23.7. The number of nitriles is 1. The van der Waals surface area contributed by atoms with E-state index in [4.69, 9.17) is 0 Å². The van der Waals surface area contributed by atoms with E-state index in [1.54, 1.807) is 6.20 Å². The summed E-state index contributed by atoms with van der Waals surface area (Å²) in [5.74, 6) is 0. The van der Waals surface area contributed by atoms with Crippen molar-refractivity contribution in [3.8, 4) is 6.07 Å². The minimum atomic E-state index is -0.288. The van der Waals surface area contributed by atoms with Crippen molar-refractivity contribution in [3.05, 3.63) is 78.1 Å². The molecule has 0 aliphatic heterocycles. The van der Waals surface area contributed by atoms with Crippen LogP contribution in [0, 0.1) is 11.3 Å². The van der Waals surface area contributed by atoms with Gasteiger partial charge >= 0.3 is 6.03 Å². The van der Waals surface area contributed by atoms with E-state index in [0.717, 1.165) is 35.3 Å². The van der Waals surface area contributed by atoms with Gasteiger partial charge < -0.3 is 16.0 Å². The number of benzene rings is 2. The molecule has 3 N–H and O–H groups in total. The maximum absolute atomic E-state index is 12.1. The highest BCUT2D eigenvalue weighted by atomic mass is 16.2. The second kappa shape index (κ2) is 9.62. The molecule has 2 aromatic carbocycles. The van der Waals surface area contributed by atoms with Gasteiger partial charge in [0.05, 0.1) is 16.6 Å². The number of para-hydroxylation sites is 1. The zero-order valence-electron chi connectivity index (χ0n) is 17.7. The molecule has 0 saturated heterocycles. The van der Waals surface area contributed by atoms with E-state index in [-0.39, 0.29) is 6.03 Å². The molecule has 0 fully saturated rings. The van der Waals surface area contributed by atoms with Gasteiger partial charge in [0, 0.05) is 36.9 Å². The van der Waals surface area contributed by atoms with Crippen LogP contribution in [-0.2, 0) is 13.0 Å². The van der Waals surface area contributed by atoms with E-state index in [9.17, 15) is 10.1 Å². The minimum absolute atomic E-state index is 0.288.